The Hall–Kier alpha value is -0.640. The Bertz CT molecular complexity index is 124. The molecule has 0 spiro atoms. The SMILES string of the molecule is C#CCOC.OCCOCCOCCO. The van der Waals surface area contributed by atoms with E-state index >= 15 is 0 Å². The third kappa shape index (κ3) is 24.7. The second-order valence-electron chi connectivity index (χ2n) is 2.31. The van der Waals surface area contributed by atoms with Crippen LogP contribution < -0.4 is 0 Å². The average Bonchev–Trinajstić information content (AvgIpc) is 2.25. The molecule has 2 N–H and O–H groups in total. The number of terminal acetylenes is 1. The fraction of sp³-hybridized carbons (Fsp3) is 0.800. The van der Waals surface area contributed by atoms with E-state index in [4.69, 9.17) is 26.1 Å². The molecule has 0 aliphatic carbocycles. The molecule has 0 radical (unpaired) electrons. The first-order chi connectivity index (χ1) is 7.33. The minimum atomic E-state index is 0.0417. The molecule has 0 aliphatic heterocycles. The molecular weight excluding hydrogens is 200 g/mol. The van der Waals surface area contributed by atoms with Crippen molar-refractivity contribution in [2.24, 2.45) is 0 Å². The molecule has 15 heavy (non-hydrogen) atoms. The minimum Gasteiger partial charge on any atom is -0.394 e. The summed E-state index contributed by atoms with van der Waals surface area (Å²) in [4.78, 5) is 0. The van der Waals surface area contributed by atoms with E-state index in [1.165, 1.54) is 0 Å². The molecule has 0 heterocycles. The summed E-state index contributed by atoms with van der Waals surface area (Å²) in [5.41, 5.74) is 0. The smallest absolute Gasteiger partial charge is 0.107 e. The molecule has 0 atom stereocenters. The summed E-state index contributed by atoms with van der Waals surface area (Å²) in [7, 11) is 1.57. The lowest BCUT2D eigenvalue weighted by atomic mass is 10.7. The zero-order valence-electron chi connectivity index (χ0n) is 9.15. The van der Waals surface area contributed by atoms with Crippen molar-refractivity contribution in [3.8, 4) is 12.3 Å². The van der Waals surface area contributed by atoms with Gasteiger partial charge in [0, 0.05) is 7.11 Å². The van der Waals surface area contributed by atoms with Gasteiger partial charge in [-0.2, -0.15) is 0 Å². The van der Waals surface area contributed by atoms with Gasteiger partial charge >= 0.3 is 0 Å². The standard InChI is InChI=1S/C6H14O4.C4H6O/c7-1-3-9-5-6-10-4-2-8;1-3-4-5-2/h7-8H,1-6H2;1H,4H2,2H3. The van der Waals surface area contributed by atoms with Crippen LogP contribution in [0.4, 0.5) is 0 Å². The Balaban J connectivity index is 0. The highest BCUT2D eigenvalue weighted by Gasteiger charge is 1.86. The molecule has 0 aliphatic rings. The lowest BCUT2D eigenvalue weighted by Crippen LogP contribution is -2.09. The summed E-state index contributed by atoms with van der Waals surface area (Å²) in [5, 5.41) is 16.5. The van der Waals surface area contributed by atoms with Gasteiger partial charge in [0.2, 0.25) is 0 Å². The van der Waals surface area contributed by atoms with E-state index in [-0.39, 0.29) is 13.2 Å². The molecule has 90 valence electrons. The van der Waals surface area contributed by atoms with Gasteiger partial charge < -0.3 is 24.4 Å². The summed E-state index contributed by atoms with van der Waals surface area (Å²) in [5.74, 6) is 2.30. The number of hydrogen-bond acceptors (Lipinski definition) is 5. The molecule has 0 aromatic rings. The third-order valence-electron chi connectivity index (χ3n) is 1.07. The van der Waals surface area contributed by atoms with Crippen LogP contribution in [0.15, 0.2) is 0 Å². The molecule has 0 amide bonds. The predicted molar refractivity (Wildman–Crippen MR) is 56.5 cm³/mol. The fourth-order valence-corrected chi connectivity index (χ4v) is 0.534. The molecule has 0 fully saturated rings. The fourth-order valence-electron chi connectivity index (χ4n) is 0.534. The number of ether oxygens (including phenoxy) is 3. The number of aliphatic hydroxyl groups excluding tert-OH is 2. The number of rotatable bonds is 8. The summed E-state index contributed by atoms with van der Waals surface area (Å²) >= 11 is 0. The second kappa shape index (κ2) is 19.0. The summed E-state index contributed by atoms with van der Waals surface area (Å²) < 4.78 is 14.2. The van der Waals surface area contributed by atoms with Crippen LogP contribution in [0.2, 0.25) is 0 Å². The van der Waals surface area contributed by atoms with Crippen molar-refractivity contribution in [2.45, 2.75) is 0 Å². The maximum absolute atomic E-state index is 8.26. The van der Waals surface area contributed by atoms with Crippen LogP contribution in [-0.2, 0) is 14.2 Å². The first-order valence-electron chi connectivity index (χ1n) is 4.63. The summed E-state index contributed by atoms with van der Waals surface area (Å²) in [6.07, 6.45) is 4.76. The minimum absolute atomic E-state index is 0.0417. The van der Waals surface area contributed by atoms with Crippen molar-refractivity contribution < 1.29 is 24.4 Å². The van der Waals surface area contributed by atoms with E-state index in [9.17, 15) is 0 Å². The zero-order valence-corrected chi connectivity index (χ0v) is 9.15. The molecule has 0 saturated heterocycles. The molecule has 5 nitrogen and oxygen atoms in total. The first kappa shape index (κ1) is 16.8. The van der Waals surface area contributed by atoms with Crippen LogP contribution >= 0.6 is 0 Å². The van der Waals surface area contributed by atoms with Crippen molar-refractivity contribution in [3.63, 3.8) is 0 Å². The van der Waals surface area contributed by atoms with Crippen molar-refractivity contribution in [3.05, 3.63) is 0 Å². The predicted octanol–water partition coefficient (Wildman–Crippen LogP) is -0.730. The molecule has 0 aromatic heterocycles. The van der Waals surface area contributed by atoms with Crippen LogP contribution in [-0.4, -0.2) is 63.6 Å². The molecule has 0 bridgehead atoms. The Morgan fingerprint density at radius 3 is 1.67 bits per heavy atom. The van der Waals surface area contributed by atoms with Gasteiger partial charge in [0.1, 0.15) is 6.61 Å². The van der Waals surface area contributed by atoms with Gasteiger partial charge in [-0.05, 0) is 0 Å². The van der Waals surface area contributed by atoms with Gasteiger partial charge in [0.05, 0.1) is 39.6 Å². The maximum Gasteiger partial charge on any atom is 0.107 e. The normalized spacial score (nSPS) is 8.93. The van der Waals surface area contributed by atoms with Crippen molar-refractivity contribution in [1.29, 1.82) is 0 Å². The van der Waals surface area contributed by atoms with Crippen LogP contribution in [0, 0.1) is 12.3 Å². The molecule has 0 aromatic carbocycles. The highest BCUT2D eigenvalue weighted by molar-refractivity contribution is 4.82. The van der Waals surface area contributed by atoms with Gasteiger partial charge in [-0.25, -0.2) is 0 Å². The number of aliphatic hydroxyl groups is 2. The van der Waals surface area contributed by atoms with E-state index in [2.05, 4.69) is 10.7 Å². The van der Waals surface area contributed by atoms with Crippen LogP contribution in [0.5, 0.6) is 0 Å². The molecule has 5 heteroatoms. The zero-order chi connectivity index (χ0) is 11.8. The summed E-state index contributed by atoms with van der Waals surface area (Å²) in [6.45, 7) is 2.14. The van der Waals surface area contributed by atoms with Crippen LogP contribution in [0.25, 0.3) is 0 Å². The van der Waals surface area contributed by atoms with Crippen LogP contribution in [0.1, 0.15) is 0 Å². The number of methoxy groups -OCH3 is 1. The first-order valence-corrected chi connectivity index (χ1v) is 4.63. The Kier molecular flexibility index (Phi) is 21.3. The molecule has 0 rings (SSSR count). The van der Waals surface area contributed by atoms with Gasteiger partial charge in [-0.15, -0.1) is 6.42 Å². The van der Waals surface area contributed by atoms with E-state index in [1.54, 1.807) is 7.11 Å². The van der Waals surface area contributed by atoms with Gasteiger partial charge in [-0.1, -0.05) is 5.92 Å². The molecule has 0 unspecified atom stereocenters. The van der Waals surface area contributed by atoms with Gasteiger partial charge in [0.15, 0.2) is 0 Å². The lowest BCUT2D eigenvalue weighted by Gasteiger charge is -2.01. The summed E-state index contributed by atoms with van der Waals surface area (Å²) in [6, 6.07) is 0. The van der Waals surface area contributed by atoms with Gasteiger partial charge in [0.25, 0.3) is 0 Å². The third-order valence-corrected chi connectivity index (χ3v) is 1.07. The van der Waals surface area contributed by atoms with E-state index < -0.39 is 0 Å². The maximum atomic E-state index is 8.26. The van der Waals surface area contributed by atoms with Crippen molar-refractivity contribution in [2.75, 3.05) is 53.4 Å². The quantitative estimate of drug-likeness (QED) is 0.417. The largest absolute Gasteiger partial charge is 0.394 e. The van der Waals surface area contributed by atoms with E-state index in [1.807, 2.05) is 0 Å². The highest BCUT2D eigenvalue weighted by Crippen LogP contribution is 1.76. The Morgan fingerprint density at radius 1 is 1.00 bits per heavy atom. The van der Waals surface area contributed by atoms with E-state index in [0.717, 1.165) is 0 Å². The number of hydrogen-bond donors (Lipinski definition) is 2. The topological polar surface area (TPSA) is 68.2 Å². The van der Waals surface area contributed by atoms with Crippen molar-refractivity contribution in [1.82, 2.24) is 0 Å². The Labute approximate surface area is 91.0 Å². The van der Waals surface area contributed by atoms with E-state index in [0.29, 0.717) is 33.0 Å². The average molecular weight is 220 g/mol. The van der Waals surface area contributed by atoms with Crippen LogP contribution in [0.3, 0.4) is 0 Å². The lowest BCUT2D eigenvalue weighted by molar-refractivity contribution is 0.0222. The highest BCUT2D eigenvalue weighted by atomic mass is 16.5. The molecule has 0 saturated carbocycles. The Morgan fingerprint density at radius 2 is 1.47 bits per heavy atom. The monoisotopic (exact) mass is 220 g/mol. The second-order valence-corrected chi connectivity index (χ2v) is 2.31. The van der Waals surface area contributed by atoms with Crippen molar-refractivity contribution >= 4 is 0 Å². The van der Waals surface area contributed by atoms with Gasteiger partial charge in [-0.3, -0.25) is 0 Å². The molecular formula is C10H20O5.